The van der Waals surface area contributed by atoms with E-state index in [1.165, 1.54) is 0 Å². The number of benzene rings is 1. The molecule has 5 heteroatoms. The zero-order valence-electron chi connectivity index (χ0n) is 11.5. The molecule has 1 aliphatic carbocycles. The van der Waals surface area contributed by atoms with Gasteiger partial charge >= 0.3 is 11.9 Å². The van der Waals surface area contributed by atoms with Gasteiger partial charge in [0.2, 0.25) is 0 Å². The Morgan fingerprint density at radius 1 is 1.25 bits per heavy atom. The molecule has 108 valence electrons. The first-order valence-electron chi connectivity index (χ1n) is 6.66. The largest absolute Gasteiger partial charge is 0.466 e. The standard InChI is InChI=1S/C15H17BrO4/c1-3-19-13(17)11-9-15(11,14(18)20-4-2)10-7-5-6-8-12(10)16/h5-8,11H,3-4,9H2,1-2H3. The molecule has 1 saturated carbocycles. The van der Waals surface area contributed by atoms with Gasteiger partial charge in [0, 0.05) is 4.47 Å². The Bertz CT molecular complexity index is 528. The number of carbonyl (C=O) groups is 2. The van der Waals surface area contributed by atoms with Crippen LogP contribution in [0.15, 0.2) is 28.7 Å². The van der Waals surface area contributed by atoms with Crippen molar-refractivity contribution in [1.29, 1.82) is 0 Å². The lowest BCUT2D eigenvalue weighted by molar-refractivity contribution is -0.152. The Kier molecular flexibility index (Phi) is 4.48. The number of hydrogen-bond donors (Lipinski definition) is 0. The van der Waals surface area contributed by atoms with Gasteiger partial charge in [-0.2, -0.15) is 0 Å². The molecule has 0 aromatic heterocycles. The number of esters is 2. The molecule has 1 fully saturated rings. The van der Waals surface area contributed by atoms with E-state index in [0.29, 0.717) is 19.6 Å². The van der Waals surface area contributed by atoms with Crippen LogP contribution in [-0.4, -0.2) is 25.2 Å². The second-order valence-electron chi connectivity index (χ2n) is 4.68. The van der Waals surface area contributed by atoms with Crippen molar-refractivity contribution in [3.05, 3.63) is 34.3 Å². The van der Waals surface area contributed by atoms with Crippen LogP contribution in [0.25, 0.3) is 0 Å². The van der Waals surface area contributed by atoms with E-state index >= 15 is 0 Å². The number of hydrogen-bond acceptors (Lipinski definition) is 4. The first-order chi connectivity index (χ1) is 9.57. The van der Waals surface area contributed by atoms with Crippen LogP contribution in [0, 0.1) is 5.92 Å². The van der Waals surface area contributed by atoms with E-state index in [1.54, 1.807) is 13.8 Å². The van der Waals surface area contributed by atoms with E-state index in [2.05, 4.69) is 15.9 Å². The number of halogens is 1. The summed E-state index contributed by atoms with van der Waals surface area (Å²) in [6, 6.07) is 7.42. The second-order valence-corrected chi connectivity index (χ2v) is 5.53. The molecule has 1 aromatic rings. The maximum absolute atomic E-state index is 12.3. The minimum absolute atomic E-state index is 0.292. The first-order valence-corrected chi connectivity index (χ1v) is 7.46. The quantitative estimate of drug-likeness (QED) is 0.773. The summed E-state index contributed by atoms with van der Waals surface area (Å²) in [6.07, 6.45) is 0.438. The fraction of sp³-hybridized carbons (Fsp3) is 0.467. The number of ether oxygens (including phenoxy) is 2. The SMILES string of the molecule is CCOC(=O)C1CC1(C(=O)OCC)c1ccccc1Br. The third kappa shape index (κ3) is 2.46. The van der Waals surface area contributed by atoms with Gasteiger partial charge in [-0.3, -0.25) is 9.59 Å². The van der Waals surface area contributed by atoms with Crippen molar-refractivity contribution >= 4 is 27.9 Å². The normalized spacial score (nSPS) is 24.1. The van der Waals surface area contributed by atoms with E-state index in [9.17, 15) is 9.59 Å². The predicted molar refractivity (Wildman–Crippen MR) is 77.2 cm³/mol. The molecule has 0 N–H and O–H groups in total. The molecular formula is C15H17BrO4. The maximum Gasteiger partial charge on any atom is 0.317 e. The van der Waals surface area contributed by atoms with Crippen LogP contribution >= 0.6 is 15.9 Å². The molecule has 0 aliphatic heterocycles. The van der Waals surface area contributed by atoms with Crippen LogP contribution in [-0.2, 0) is 24.5 Å². The van der Waals surface area contributed by atoms with Gasteiger partial charge in [-0.25, -0.2) is 0 Å². The molecule has 0 bridgehead atoms. The topological polar surface area (TPSA) is 52.6 Å². The summed E-state index contributed by atoms with van der Waals surface area (Å²) in [7, 11) is 0. The Morgan fingerprint density at radius 3 is 2.50 bits per heavy atom. The van der Waals surface area contributed by atoms with E-state index < -0.39 is 11.3 Å². The molecule has 20 heavy (non-hydrogen) atoms. The van der Waals surface area contributed by atoms with Gasteiger partial charge in [0.05, 0.1) is 19.1 Å². The van der Waals surface area contributed by atoms with Gasteiger partial charge in [-0.05, 0) is 31.9 Å². The average molecular weight is 341 g/mol. The Hall–Kier alpha value is -1.36. The zero-order valence-corrected chi connectivity index (χ0v) is 13.1. The van der Waals surface area contributed by atoms with E-state index in [0.717, 1.165) is 10.0 Å². The summed E-state index contributed by atoms with van der Waals surface area (Å²) in [5.41, 5.74) is -0.112. The molecule has 0 heterocycles. The van der Waals surface area contributed by atoms with Crippen LogP contribution in [0.3, 0.4) is 0 Å². The van der Waals surface area contributed by atoms with Crippen molar-refractivity contribution in [2.45, 2.75) is 25.7 Å². The fourth-order valence-electron chi connectivity index (χ4n) is 2.51. The van der Waals surface area contributed by atoms with Crippen molar-refractivity contribution in [2.24, 2.45) is 5.92 Å². The third-order valence-corrected chi connectivity index (χ3v) is 4.22. The van der Waals surface area contributed by atoms with Crippen molar-refractivity contribution in [3.63, 3.8) is 0 Å². The summed E-state index contributed by atoms with van der Waals surface area (Å²) in [4.78, 5) is 24.3. The summed E-state index contributed by atoms with van der Waals surface area (Å²) in [5.74, 6) is -1.15. The molecule has 0 radical (unpaired) electrons. The molecule has 2 atom stereocenters. The maximum atomic E-state index is 12.3. The van der Waals surface area contributed by atoms with Crippen LogP contribution < -0.4 is 0 Å². The van der Waals surface area contributed by atoms with Gasteiger partial charge in [-0.15, -0.1) is 0 Å². The molecule has 4 nitrogen and oxygen atoms in total. The molecular weight excluding hydrogens is 324 g/mol. The molecule has 1 aromatic carbocycles. The predicted octanol–water partition coefficient (Wildman–Crippen LogP) is 2.83. The van der Waals surface area contributed by atoms with Crippen molar-refractivity contribution in [1.82, 2.24) is 0 Å². The lowest BCUT2D eigenvalue weighted by Gasteiger charge is -2.17. The van der Waals surface area contributed by atoms with Crippen LogP contribution in [0.2, 0.25) is 0 Å². The van der Waals surface area contributed by atoms with Crippen molar-refractivity contribution < 1.29 is 19.1 Å². The monoisotopic (exact) mass is 340 g/mol. The number of carbonyl (C=O) groups excluding carboxylic acids is 2. The van der Waals surface area contributed by atoms with Gasteiger partial charge < -0.3 is 9.47 Å². The molecule has 0 saturated heterocycles. The molecule has 2 unspecified atom stereocenters. The minimum Gasteiger partial charge on any atom is -0.466 e. The fourth-order valence-corrected chi connectivity index (χ4v) is 3.15. The molecule has 0 spiro atoms. The highest BCUT2D eigenvalue weighted by Crippen LogP contribution is 2.57. The molecule has 0 amide bonds. The summed E-state index contributed by atoms with van der Waals surface area (Å²) >= 11 is 3.45. The Balaban J connectivity index is 2.36. The van der Waals surface area contributed by atoms with Crippen molar-refractivity contribution in [2.75, 3.05) is 13.2 Å². The lowest BCUT2D eigenvalue weighted by Crippen LogP contribution is -2.29. The summed E-state index contributed by atoms with van der Waals surface area (Å²) in [5, 5.41) is 0. The highest BCUT2D eigenvalue weighted by atomic mass is 79.9. The molecule has 1 aliphatic rings. The zero-order chi connectivity index (χ0) is 14.8. The van der Waals surface area contributed by atoms with Crippen LogP contribution in [0.1, 0.15) is 25.8 Å². The van der Waals surface area contributed by atoms with Gasteiger partial charge in [0.25, 0.3) is 0 Å². The average Bonchev–Trinajstić information content (AvgIpc) is 3.16. The Labute approximate surface area is 126 Å². The summed E-state index contributed by atoms with van der Waals surface area (Å²) in [6.45, 7) is 4.11. The minimum atomic E-state index is -0.900. The van der Waals surface area contributed by atoms with E-state index in [4.69, 9.17) is 9.47 Å². The van der Waals surface area contributed by atoms with Gasteiger partial charge in [-0.1, -0.05) is 34.1 Å². The number of rotatable bonds is 5. The smallest absolute Gasteiger partial charge is 0.317 e. The second kappa shape index (κ2) is 5.95. The van der Waals surface area contributed by atoms with Crippen molar-refractivity contribution in [3.8, 4) is 0 Å². The lowest BCUT2D eigenvalue weighted by atomic mass is 9.93. The Morgan fingerprint density at radius 2 is 1.90 bits per heavy atom. The van der Waals surface area contributed by atoms with Gasteiger partial charge in [0.1, 0.15) is 5.41 Å². The first kappa shape index (κ1) is 15.0. The van der Waals surface area contributed by atoms with E-state index in [-0.39, 0.29) is 11.9 Å². The van der Waals surface area contributed by atoms with E-state index in [1.807, 2.05) is 24.3 Å². The van der Waals surface area contributed by atoms with Crippen LogP contribution in [0.4, 0.5) is 0 Å². The highest BCUT2D eigenvalue weighted by Gasteiger charge is 2.67. The third-order valence-electron chi connectivity index (χ3n) is 3.53. The van der Waals surface area contributed by atoms with Gasteiger partial charge in [0.15, 0.2) is 0 Å². The summed E-state index contributed by atoms with van der Waals surface area (Å²) < 4.78 is 11.0. The van der Waals surface area contributed by atoms with Crippen LogP contribution in [0.5, 0.6) is 0 Å². The highest BCUT2D eigenvalue weighted by molar-refractivity contribution is 9.10. The molecule has 2 rings (SSSR count).